The maximum absolute atomic E-state index is 9.59. The Bertz CT molecular complexity index is 2130. The smallest absolute Gasteiger partial charge is 0.164 e. The van der Waals surface area contributed by atoms with Gasteiger partial charge in [0.15, 0.2) is 17.5 Å². The molecule has 0 saturated heterocycles. The molecule has 2 bridgehead atoms. The first-order chi connectivity index (χ1) is 24.0. The van der Waals surface area contributed by atoms with Gasteiger partial charge in [-0.05, 0) is 107 Å². The number of hydrogen-bond donors (Lipinski definition) is 0. The molecule has 4 nitrogen and oxygen atoms in total. The van der Waals surface area contributed by atoms with Gasteiger partial charge >= 0.3 is 0 Å². The number of aromatic nitrogens is 3. The van der Waals surface area contributed by atoms with Crippen LogP contribution in [-0.2, 0) is 5.41 Å². The molecule has 0 amide bonds. The first kappa shape index (κ1) is 30.9. The Kier molecular flexibility index (Phi) is 8.14. The summed E-state index contributed by atoms with van der Waals surface area (Å²) in [5.41, 5.74) is 9.56. The molecule has 1 aromatic heterocycles. The first-order valence-corrected chi connectivity index (χ1v) is 17.6. The van der Waals surface area contributed by atoms with Gasteiger partial charge in [0, 0.05) is 16.7 Å². The minimum absolute atomic E-state index is 0.317. The fourth-order valence-corrected chi connectivity index (χ4v) is 8.92. The second-order valence-electron chi connectivity index (χ2n) is 14.5. The lowest BCUT2D eigenvalue weighted by molar-refractivity contribution is 0.0780. The van der Waals surface area contributed by atoms with Gasteiger partial charge in [0.05, 0.1) is 11.6 Å². The van der Waals surface area contributed by atoms with Crippen molar-refractivity contribution in [3.63, 3.8) is 0 Å². The maximum atomic E-state index is 9.59. The Labute approximate surface area is 289 Å². The van der Waals surface area contributed by atoms with Crippen molar-refractivity contribution in [2.75, 3.05) is 0 Å². The number of nitriles is 1. The van der Waals surface area contributed by atoms with Crippen LogP contribution < -0.4 is 0 Å². The van der Waals surface area contributed by atoms with Crippen LogP contribution in [0.5, 0.6) is 0 Å². The molecule has 2 aliphatic carbocycles. The van der Waals surface area contributed by atoms with Crippen molar-refractivity contribution in [3.8, 4) is 62.5 Å². The van der Waals surface area contributed by atoms with E-state index in [9.17, 15) is 5.26 Å². The van der Waals surface area contributed by atoms with Crippen LogP contribution in [0.4, 0.5) is 0 Å². The van der Waals surface area contributed by atoms with E-state index in [1.165, 1.54) is 43.2 Å². The van der Waals surface area contributed by atoms with Gasteiger partial charge in [-0.25, -0.2) is 15.0 Å². The van der Waals surface area contributed by atoms with Crippen molar-refractivity contribution in [2.24, 2.45) is 17.8 Å². The Morgan fingerprint density at radius 1 is 0.531 bits per heavy atom. The monoisotopic (exact) mass is 636 g/mol. The van der Waals surface area contributed by atoms with Crippen LogP contribution >= 0.6 is 0 Å². The summed E-state index contributed by atoms with van der Waals surface area (Å²) in [7, 11) is 0. The molecule has 4 atom stereocenters. The van der Waals surface area contributed by atoms with E-state index in [-0.39, 0.29) is 0 Å². The van der Waals surface area contributed by atoms with Crippen molar-refractivity contribution >= 4 is 0 Å². The predicted octanol–water partition coefficient (Wildman–Crippen LogP) is 11.2. The maximum Gasteiger partial charge on any atom is 0.164 e. The zero-order chi connectivity index (χ0) is 33.4. The van der Waals surface area contributed by atoms with Crippen LogP contribution in [0.1, 0.15) is 57.1 Å². The van der Waals surface area contributed by atoms with E-state index in [1.807, 2.05) is 54.6 Å². The van der Waals surface area contributed by atoms with Crippen LogP contribution in [0.15, 0.2) is 127 Å². The molecule has 0 radical (unpaired) electrons. The van der Waals surface area contributed by atoms with Gasteiger partial charge in [0.2, 0.25) is 0 Å². The van der Waals surface area contributed by atoms with Crippen LogP contribution in [0.2, 0.25) is 0 Å². The van der Waals surface area contributed by atoms with Crippen molar-refractivity contribution < 1.29 is 0 Å². The summed E-state index contributed by atoms with van der Waals surface area (Å²) < 4.78 is 0. The molecule has 4 heteroatoms. The van der Waals surface area contributed by atoms with E-state index in [4.69, 9.17) is 15.0 Å². The van der Waals surface area contributed by atoms with Gasteiger partial charge in [-0.1, -0.05) is 117 Å². The largest absolute Gasteiger partial charge is 0.208 e. The Balaban J connectivity index is 1.23. The summed E-state index contributed by atoms with van der Waals surface area (Å²) in [4.78, 5) is 15.0. The topological polar surface area (TPSA) is 62.5 Å². The van der Waals surface area contributed by atoms with Crippen molar-refractivity contribution in [1.29, 1.82) is 5.26 Å². The van der Waals surface area contributed by atoms with Gasteiger partial charge in [0.1, 0.15) is 0 Å². The third kappa shape index (κ3) is 6.18. The number of fused-ring (bicyclic) bond motifs is 2. The minimum atomic E-state index is 0.317. The molecular weight excluding hydrogens is 597 g/mol. The second kappa shape index (κ2) is 12.9. The molecule has 0 N–H and O–H groups in total. The molecule has 6 aromatic rings. The summed E-state index contributed by atoms with van der Waals surface area (Å²) >= 11 is 0. The molecule has 8 rings (SSSR count). The molecular formula is C45H40N4. The van der Waals surface area contributed by atoms with E-state index in [1.54, 1.807) is 6.07 Å². The molecule has 0 spiro atoms. The summed E-state index contributed by atoms with van der Waals surface area (Å²) in [6.07, 6.45) is 6.73. The minimum Gasteiger partial charge on any atom is -0.208 e. The zero-order valence-electron chi connectivity index (χ0n) is 28.2. The summed E-state index contributed by atoms with van der Waals surface area (Å²) in [6, 6.07) is 46.3. The van der Waals surface area contributed by atoms with Gasteiger partial charge in [-0.2, -0.15) is 5.26 Å². The van der Waals surface area contributed by atoms with Crippen LogP contribution in [-0.4, -0.2) is 15.0 Å². The highest BCUT2D eigenvalue weighted by Crippen LogP contribution is 2.54. The first-order valence-electron chi connectivity index (χ1n) is 17.6. The quantitative estimate of drug-likeness (QED) is 0.182. The standard InChI is InChI=1S/C45H40N4/c1-30-22-33-23-31(2)27-45(26-30,28-33)39-19-16-34(17-20-39)37-18-21-40(41(25-37)35-11-5-3-6-12-35)44-48-42(36-13-7-4-8-14-36)47-43(49-44)38-15-9-10-32(24-38)29-46/h3-21,24-25,30-31,33H,22-23,26-28H2,1-2H3/t30-,31+,33-,45?. The summed E-state index contributed by atoms with van der Waals surface area (Å²) in [6.45, 7) is 4.92. The van der Waals surface area contributed by atoms with Gasteiger partial charge < -0.3 is 0 Å². The fraction of sp³-hybridized carbons (Fsp3) is 0.244. The van der Waals surface area contributed by atoms with E-state index >= 15 is 0 Å². The van der Waals surface area contributed by atoms with Gasteiger partial charge in [0.25, 0.3) is 0 Å². The third-order valence-corrected chi connectivity index (χ3v) is 10.7. The lowest BCUT2D eigenvalue weighted by Gasteiger charge is -2.50. The number of nitrogens with zero attached hydrogens (tertiary/aromatic N) is 4. The number of benzene rings is 5. The summed E-state index contributed by atoms with van der Waals surface area (Å²) in [5.74, 6) is 4.17. The Morgan fingerprint density at radius 3 is 1.80 bits per heavy atom. The molecule has 0 aliphatic heterocycles. The highest BCUT2D eigenvalue weighted by atomic mass is 15.0. The molecule has 2 fully saturated rings. The van der Waals surface area contributed by atoms with E-state index in [0.29, 0.717) is 28.5 Å². The summed E-state index contributed by atoms with van der Waals surface area (Å²) in [5, 5.41) is 9.59. The van der Waals surface area contributed by atoms with E-state index in [0.717, 1.165) is 51.1 Å². The number of hydrogen-bond acceptors (Lipinski definition) is 4. The molecule has 1 heterocycles. The van der Waals surface area contributed by atoms with Gasteiger partial charge in [-0.15, -0.1) is 0 Å². The molecule has 2 saturated carbocycles. The lowest BCUT2D eigenvalue weighted by Crippen LogP contribution is -2.42. The SMILES string of the molecule is C[C@@H]1C[C@@H]2C[C@H](C)CC(c3ccc(-c4ccc(-c5nc(-c6ccccc6)nc(-c6cccc(C#N)c6)n5)c(-c5ccccc5)c4)cc3)(C1)C2. The average Bonchev–Trinajstić information content (AvgIpc) is 3.14. The highest BCUT2D eigenvalue weighted by molar-refractivity contribution is 5.86. The zero-order valence-corrected chi connectivity index (χ0v) is 28.2. The lowest BCUT2D eigenvalue weighted by atomic mass is 9.54. The average molecular weight is 637 g/mol. The molecule has 5 aromatic carbocycles. The van der Waals surface area contributed by atoms with Crippen LogP contribution in [0.3, 0.4) is 0 Å². The molecule has 240 valence electrons. The molecule has 49 heavy (non-hydrogen) atoms. The predicted molar refractivity (Wildman–Crippen MR) is 198 cm³/mol. The van der Waals surface area contributed by atoms with E-state index < -0.39 is 0 Å². The van der Waals surface area contributed by atoms with Crippen molar-refractivity contribution in [1.82, 2.24) is 15.0 Å². The number of rotatable bonds is 6. The Morgan fingerprint density at radius 2 is 1.12 bits per heavy atom. The highest BCUT2D eigenvalue weighted by Gasteiger charge is 2.45. The normalized spacial score (nSPS) is 21.5. The Hall–Kier alpha value is -5.40. The van der Waals surface area contributed by atoms with Gasteiger partial charge in [-0.3, -0.25) is 0 Å². The fourth-order valence-electron chi connectivity index (χ4n) is 8.92. The van der Waals surface area contributed by atoms with Crippen LogP contribution in [0.25, 0.3) is 56.4 Å². The van der Waals surface area contributed by atoms with Crippen LogP contribution in [0, 0.1) is 29.1 Å². The molecule has 1 unspecified atom stereocenters. The van der Waals surface area contributed by atoms with E-state index in [2.05, 4.69) is 86.6 Å². The van der Waals surface area contributed by atoms with Crippen molar-refractivity contribution in [2.45, 2.75) is 51.4 Å². The third-order valence-electron chi connectivity index (χ3n) is 10.7. The second-order valence-corrected chi connectivity index (χ2v) is 14.5. The van der Waals surface area contributed by atoms with Crippen molar-refractivity contribution in [3.05, 3.63) is 139 Å². The molecule has 2 aliphatic rings.